The Morgan fingerprint density at radius 3 is 2.42 bits per heavy atom. The maximum Gasteiger partial charge on any atom is 0.323 e. The third kappa shape index (κ3) is 4.46. The Morgan fingerprint density at radius 1 is 1.25 bits per heavy atom. The van der Waals surface area contributed by atoms with Crippen molar-refractivity contribution in [2.45, 2.75) is 64.0 Å². The molecule has 24 heavy (non-hydrogen) atoms. The lowest BCUT2D eigenvalue weighted by molar-refractivity contribution is -0.146. The van der Waals surface area contributed by atoms with Gasteiger partial charge in [0, 0.05) is 13.1 Å². The normalized spacial score (nSPS) is 22.6. The van der Waals surface area contributed by atoms with Crippen LogP contribution in [0, 0.1) is 0 Å². The van der Waals surface area contributed by atoms with Gasteiger partial charge in [-0.25, -0.2) is 0 Å². The van der Waals surface area contributed by atoms with E-state index in [1.807, 2.05) is 18.2 Å². The maximum absolute atomic E-state index is 12.2. The number of hydrogen-bond acceptors (Lipinski definition) is 4. The fraction of sp³-hybridized carbons (Fsp3) is 0.632. The molecule has 0 bridgehead atoms. The SMILES string of the molecule is COC(=O)[C@@H]1C[C@H](O[Si](C)(C)C(C)(C)C)CN1Cc1ccccc1. The van der Waals surface area contributed by atoms with Gasteiger partial charge in [0.25, 0.3) is 0 Å². The largest absolute Gasteiger partial charge is 0.468 e. The van der Waals surface area contributed by atoms with Crippen LogP contribution in [-0.4, -0.2) is 45.0 Å². The highest BCUT2D eigenvalue weighted by Gasteiger charge is 2.44. The highest BCUT2D eigenvalue weighted by molar-refractivity contribution is 6.74. The molecule has 0 amide bonds. The van der Waals surface area contributed by atoms with Gasteiger partial charge in [0.1, 0.15) is 6.04 Å². The number of carbonyl (C=O) groups is 1. The van der Waals surface area contributed by atoms with Crippen LogP contribution >= 0.6 is 0 Å². The van der Waals surface area contributed by atoms with Crippen LogP contribution in [0.3, 0.4) is 0 Å². The van der Waals surface area contributed by atoms with Gasteiger partial charge in [-0.15, -0.1) is 0 Å². The van der Waals surface area contributed by atoms with Crippen molar-refractivity contribution >= 4 is 14.3 Å². The molecule has 1 saturated heterocycles. The molecule has 2 rings (SSSR count). The van der Waals surface area contributed by atoms with Crippen LogP contribution < -0.4 is 0 Å². The van der Waals surface area contributed by atoms with Crippen molar-refractivity contribution in [1.82, 2.24) is 4.90 Å². The van der Waals surface area contributed by atoms with Gasteiger partial charge in [-0.3, -0.25) is 9.69 Å². The number of rotatable bonds is 5. The minimum absolute atomic E-state index is 0.0960. The molecule has 0 saturated carbocycles. The third-order valence-corrected chi connectivity index (χ3v) is 9.87. The standard InChI is InChI=1S/C19H31NO3Si/c1-19(2,3)24(5,6)23-16-12-17(18(21)22-4)20(14-16)13-15-10-8-7-9-11-15/h7-11,16-17H,12-14H2,1-6H3/t16-,17-/m0/s1. The summed E-state index contributed by atoms with van der Waals surface area (Å²) in [6.07, 6.45) is 0.810. The summed E-state index contributed by atoms with van der Waals surface area (Å²) < 4.78 is 11.6. The van der Waals surface area contributed by atoms with Crippen LogP contribution in [0.1, 0.15) is 32.8 Å². The third-order valence-electron chi connectivity index (χ3n) is 5.33. The Balaban J connectivity index is 2.11. The Kier molecular flexibility index (Phi) is 5.89. The Hall–Kier alpha value is -1.17. The summed E-state index contributed by atoms with van der Waals surface area (Å²) >= 11 is 0. The first kappa shape index (κ1) is 19.2. The van der Waals surface area contributed by atoms with E-state index in [2.05, 4.69) is 50.9 Å². The Morgan fingerprint density at radius 2 is 1.88 bits per heavy atom. The Bertz CT molecular complexity index is 553. The van der Waals surface area contributed by atoms with E-state index in [0.717, 1.165) is 13.1 Å². The van der Waals surface area contributed by atoms with Crippen molar-refractivity contribution in [3.63, 3.8) is 0 Å². The molecule has 1 aromatic carbocycles. The number of benzene rings is 1. The highest BCUT2D eigenvalue weighted by atomic mass is 28.4. The number of esters is 1. The summed E-state index contributed by atoms with van der Waals surface area (Å²) in [4.78, 5) is 14.4. The molecule has 0 radical (unpaired) electrons. The average molecular weight is 350 g/mol. The maximum atomic E-state index is 12.2. The molecule has 0 aliphatic carbocycles. The molecule has 0 N–H and O–H groups in total. The molecule has 1 aliphatic rings. The van der Waals surface area contributed by atoms with E-state index in [9.17, 15) is 4.79 Å². The molecule has 2 atom stereocenters. The molecule has 4 nitrogen and oxygen atoms in total. The van der Waals surface area contributed by atoms with Gasteiger partial charge < -0.3 is 9.16 Å². The van der Waals surface area contributed by atoms with Crippen LogP contribution in [0.15, 0.2) is 30.3 Å². The van der Waals surface area contributed by atoms with Crippen molar-refractivity contribution in [2.24, 2.45) is 0 Å². The quantitative estimate of drug-likeness (QED) is 0.598. The lowest BCUT2D eigenvalue weighted by Crippen LogP contribution is -2.44. The molecule has 0 unspecified atom stereocenters. The molecule has 0 spiro atoms. The highest BCUT2D eigenvalue weighted by Crippen LogP contribution is 2.39. The second kappa shape index (κ2) is 7.38. The van der Waals surface area contributed by atoms with Crippen molar-refractivity contribution in [1.29, 1.82) is 0 Å². The summed E-state index contributed by atoms with van der Waals surface area (Å²) in [7, 11) is -0.382. The first-order valence-electron chi connectivity index (χ1n) is 8.67. The lowest BCUT2D eigenvalue weighted by Gasteiger charge is -2.38. The number of likely N-dealkylation sites (tertiary alicyclic amines) is 1. The van der Waals surface area contributed by atoms with Gasteiger partial charge in [-0.2, -0.15) is 0 Å². The zero-order valence-corrected chi connectivity index (χ0v) is 16.8. The summed E-state index contributed by atoms with van der Waals surface area (Å²) in [5.74, 6) is -0.160. The van der Waals surface area contributed by atoms with Gasteiger partial charge in [-0.05, 0) is 30.1 Å². The van der Waals surface area contributed by atoms with E-state index in [0.29, 0.717) is 6.42 Å². The van der Waals surface area contributed by atoms with E-state index in [-0.39, 0.29) is 23.2 Å². The van der Waals surface area contributed by atoms with Gasteiger partial charge in [-0.1, -0.05) is 51.1 Å². The second-order valence-corrected chi connectivity index (χ2v) is 12.9. The fourth-order valence-corrected chi connectivity index (χ4v) is 4.27. The zero-order chi connectivity index (χ0) is 18.0. The van der Waals surface area contributed by atoms with E-state index in [1.165, 1.54) is 12.7 Å². The van der Waals surface area contributed by atoms with E-state index in [4.69, 9.17) is 9.16 Å². The average Bonchev–Trinajstić information content (AvgIpc) is 2.88. The van der Waals surface area contributed by atoms with Crippen LogP contribution in [-0.2, 0) is 20.5 Å². The number of ether oxygens (including phenoxy) is 1. The summed E-state index contributed by atoms with van der Waals surface area (Å²) in [5.41, 5.74) is 1.21. The van der Waals surface area contributed by atoms with Gasteiger partial charge in [0.2, 0.25) is 0 Å². The molecule has 0 aromatic heterocycles. The topological polar surface area (TPSA) is 38.8 Å². The predicted octanol–water partition coefficient (Wildman–Crippen LogP) is 3.82. The van der Waals surface area contributed by atoms with Crippen molar-refractivity contribution in [2.75, 3.05) is 13.7 Å². The molecule has 1 fully saturated rings. The summed E-state index contributed by atoms with van der Waals surface area (Å²) in [6, 6.07) is 10.0. The first-order valence-corrected chi connectivity index (χ1v) is 11.6. The number of carbonyl (C=O) groups excluding carboxylic acids is 1. The molecule has 1 aliphatic heterocycles. The van der Waals surface area contributed by atoms with Crippen LogP contribution in [0.2, 0.25) is 18.1 Å². The van der Waals surface area contributed by atoms with Gasteiger partial charge in [0.05, 0.1) is 13.2 Å². The second-order valence-electron chi connectivity index (χ2n) is 8.19. The van der Waals surface area contributed by atoms with Crippen molar-refractivity contribution < 1.29 is 14.0 Å². The number of nitrogens with zero attached hydrogens (tertiary/aromatic N) is 1. The van der Waals surface area contributed by atoms with E-state index in [1.54, 1.807) is 0 Å². The minimum Gasteiger partial charge on any atom is -0.468 e. The fourth-order valence-electron chi connectivity index (χ4n) is 2.91. The van der Waals surface area contributed by atoms with Crippen LogP contribution in [0.4, 0.5) is 0 Å². The van der Waals surface area contributed by atoms with Crippen molar-refractivity contribution in [3.8, 4) is 0 Å². The number of methoxy groups -OCH3 is 1. The predicted molar refractivity (Wildman–Crippen MR) is 99.3 cm³/mol. The summed E-state index contributed by atoms with van der Waals surface area (Å²) in [6.45, 7) is 12.8. The molecular formula is C19H31NO3Si. The minimum atomic E-state index is -1.84. The van der Waals surface area contributed by atoms with Crippen LogP contribution in [0.25, 0.3) is 0 Å². The molecule has 1 aromatic rings. The van der Waals surface area contributed by atoms with E-state index >= 15 is 0 Å². The Labute approximate surface area is 147 Å². The van der Waals surface area contributed by atoms with E-state index < -0.39 is 8.32 Å². The smallest absolute Gasteiger partial charge is 0.323 e. The molecule has 134 valence electrons. The summed E-state index contributed by atoms with van der Waals surface area (Å²) in [5, 5.41) is 0.167. The van der Waals surface area contributed by atoms with Gasteiger partial charge in [0.15, 0.2) is 8.32 Å². The number of hydrogen-bond donors (Lipinski definition) is 0. The first-order chi connectivity index (χ1) is 11.1. The molecular weight excluding hydrogens is 318 g/mol. The van der Waals surface area contributed by atoms with Crippen LogP contribution in [0.5, 0.6) is 0 Å². The van der Waals surface area contributed by atoms with Crippen molar-refractivity contribution in [3.05, 3.63) is 35.9 Å². The molecule has 1 heterocycles. The molecule has 5 heteroatoms. The monoisotopic (exact) mass is 349 g/mol. The lowest BCUT2D eigenvalue weighted by atomic mass is 10.2. The zero-order valence-electron chi connectivity index (χ0n) is 15.8. The van der Waals surface area contributed by atoms with Gasteiger partial charge >= 0.3 is 5.97 Å².